The van der Waals surface area contributed by atoms with Crippen molar-refractivity contribution in [1.82, 2.24) is 10.2 Å². The van der Waals surface area contributed by atoms with Crippen LogP contribution in [0.25, 0.3) is 0 Å². The molecule has 16 heavy (non-hydrogen) atoms. The van der Waals surface area contributed by atoms with Crippen molar-refractivity contribution >= 4 is 0 Å². The van der Waals surface area contributed by atoms with E-state index >= 15 is 0 Å². The SMILES string of the molecule is NCCc1cc(Cc2ccc(F)cc2)[nH]n1. The van der Waals surface area contributed by atoms with Gasteiger partial charge in [-0.25, -0.2) is 4.39 Å². The first-order valence-corrected chi connectivity index (χ1v) is 5.25. The summed E-state index contributed by atoms with van der Waals surface area (Å²) < 4.78 is 12.7. The van der Waals surface area contributed by atoms with Crippen molar-refractivity contribution in [3.63, 3.8) is 0 Å². The van der Waals surface area contributed by atoms with Crippen molar-refractivity contribution in [2.75, 3.05) is 6.54 Å². The fraction of sp³-hybridized carbons (Fsp3) is 0.250. The lowest BCUT2D eigenvalue weighted by Crippen LogP contribution is -2.02. The van der Waals surface area contributed by atoms with Crippen LogP contribution in [0.4, 0.5) is 4.39 Å². The van der Waals surface area contributed by atoms with Crippen LogP contribution in [0.3, 0.4) is 0 Å². The number of aromatic amines is 1. The molecule has 0 saturated heterocycles. The van der Waals surface area contributed by atoms with E-state index in [0.29, 0.717) is 6.54 Å². The zero-order valence-electron chi connectivity index (χ0n) is 8.91. The lowest BCUT2D eigenvalue weighted by molar-refractivity contribution is 0.627. The first-order valence-electron chi connectivity index (χ1n) is 5.25. The molecule has 0 aliphatic heterocycles. The number of nitrogens with one attached hydrogen (secondary N) is 1. The van der Waals surface area contributed by atoms with E-state index in [1.807, 2.05) is 6.07 Å². The number of hydrogen-bond donors (Lipinski definition) is 2. The van der Waals surface area contributed by atoms with Gasteiger partial charge in [-0.1, -0.05) is 12.1 Å². The molecule has 2 rings (SSSR count). The summed E-state index contributed by atoms with van der Waals surface area (Å²) in [5, 5.41) is 7.09. The Balaban J connectivity index is 2.05. The number of halogens is 1. The van der Waals surface area contributed by atoms with Gasteiger partial charge >= 0.3 is 0 Å². The van der Waals surface area contributed by atoms with Gasteiger partial charge in [-0.15, -0.1) is 0 Å². The summed E-state index contributed by atoms with van der Waals surface area (Å²) in [6.07, 6.45) is 1.51. The molecule has 0 atom stereocenters. The van der Waals surface area contributed by atoms with E-state index in [1.165, 1.54) is 12.1 Å². The van der Waals surface area contributed by atoms with E-state index in [-0.39, 0.29) is 5.82 Å². The molecule has 0 bridgehead atoms. The molecule has 0 spiro atoms. The molecule has 1 aromatic carbocycles. The Morgan fingerprint density at radius 3 is 2.69 bits per heavy atom. The Morgan fingerprint density at radius 1 is 1.25 bits per heavy atom. The lowest BCUT2D eigenvalue weighted by atomic mass is 10.1. The minimum absolute atomic E-state index is 0.211. The van der Waals surface area contributed by atoms with Gasteiger partial charge in [0.2, 0.25) is 0 Å². The Bertz CT molecular complexity index is 448. The van der Waals surface area contributed by atoms with Crippen molar-refractivity contribution in [3.05, 3.63) is 53.1 Å². The average molecular weight is 219 g/mol. The monoisotopic (exact) mass is 219 g/mol. The molecule has 1 aromatic heterocycles. The molecule has 0 radical (unpaired) electrons. The van der Waals surface area contributed by atoms with Gasteiger partial charge < -0.3 is 5.73 Å². The van der Waals surface area contributed by atoms with E-state index in [4.69, 9.17) is 5.73 Å². The summed E-state index contributed by atoms with van der Waals surface area (Å²) in [6, 6.07) is 8.48. The first kappa shape index (κ1) is 10.8. The number of rotatable bonds is 4. The van der Waals surface area contributed by atoms with Crippen LogP contribution in [0.1, 0.15) is 17.0 Å². The Hall–Kier alpha value is -1.68. The maximum atomic E-state index is 12.7. The van der Waals surface area contributed by atoms with Gasteiger partial charge in [0.1, 0.15) is 5.82 Å². The second-order valence-electron chi connectivity index (χ2n) is 3.73. The number of hydrogen-bond acceptors (Lipinski definition) is 2. The van der Waals surface area contributed by atoms with Gasteiger partial charge in [-0.2, -0.15) is 5.10 Å². The van der Waals surface area contributed by atoms with Crippen LogP contribution in [-0.2, 0) is 12.8 Å². The maximum Gasteiger partial charge on any atom is 0.123 e. The molecule has 0 unspecified atom stereocenters. The molecule has 84 valence electrons. The Labute approximate surface area is 93.5 Å². The van der Waals surface area contributed by atoms with Gasteiger partial charge in [0.25, 0.3) is 0 Å². The zero-order chi connectivity index (χ0) is 11.4. The molecule has 3 nitrogen and oxygen atoms in total. The van der Waals surface area contributed by atoms with Gasteiger partial charge in [-0.05, 0) is 30.3 Å². The van der Waals surface area contributed by atoms with Crippen molar-refractivity contribution < 1.29 is 4.39 Å². The lowest BCUT2D eigenvalue weighted by Gasteiger charge is -1.97. The largest absolute Gasteiger partial charge is 0.330 e. The maximum absolute atomic E-state index is 12.7. The number of benzene rings is 1. The van der Waals surface area contributed by atoms with Crippen molar-refractivity contribution in [2.24, 2.45) is 5.73 Å². The van der Waals surface area contributed by atoms with Crippen molar-refractivity contribution in [3.8, 4) is 0 Å². The van der Waals surface area contributed by atoms with Crippen LogP contribution in [0.5, 0.6) is 0 Å². The highest BCUT2D eigenvalue weighted by molar-refractivity contribution is 5.23. The van der Waals surface area contributed by atoms with E-state index in [2.05, 4.69) is 10.2 Å². The summed E-state index contributed by atoms with van der Waals surface area (Å²) >= 11 is 0. The van der Waals surface area contributed by atoms with Crippen LogP contribution in [-0.4, -0.2) is 16.7 Å². The predicted molar refractivity (Wildman–Crippen MR) is 60.6 cm³/mol. The molecule has 4 heteroatoms. The minimum atomic E-state index is -0.211. The fourth-order valence-corrected chi connectivity index (χ4v) is 1.60. The number of nitrogens with zero attached hydrogens (tertiary/aromatic N) is 1. The summed E-state index contributed by atoms with van der Waals surface area (Å²) in [7, 11) is 0. The molecule has 2 aromatic rings. The predicted octanol–water partition coefficient (Wildman–Crippen LogP) is 1.64. The number of nitrogens with two attached hydrogens (primary N) is 1. The quantitative estimate of drug-likeness (QED) is 0.821. The van der Waals surface area contributed by atoms with Gasteiger partial charge in [0.05, 0.1) is 5.69 Å². The van der Waals surface area contributed by atoms with Crippen molar-refractivity contribution in [2.45, 2.75) is 12.8 Å². The van der Waals surface area contributed by atoms with E-state index in [9.17, 15) is 4.39 Å². The second kappa shape index (κ2) is 4.90. The molecule has 0 aliphatic carbocycles. The molecule has 0 amide bonds. The smallest absolute Gasteiger partial charge is 0.123 e. The number of aromatic nitrogens is 2. The van der Waals surface area contributed by atoms with Gasteiger partial charge in [-0.3, -0.25) is 5.10 Å². The Morgan fingerprint density at radius 2 is 2.00 bits per heavy atom. The first-order chi connectivity index (χ1) is 7.78. The normalized spacial score (nSPS) is 10.6. The molecule has 3 N–H and O–H groups in total. The van der Waals surface area contributed by atoms with Crippen LogP contribution in [0.15, 0.2) is 30.3 Å². The molecular weight excluding hydrogens is 205 g/mol. The standard InChI is InChI=1S/C12H14FN3/c13-10-3-1-9(2-4-10)7-12-8-11(5-6-14)15-16-12/h1-4,8H,5-7,14H2,(H,15,16). The van der Waals surface area contributed by atoms with E-state index in [1.54, 1.807) is 12.1 Å². The van der Waals surface area contributed by atoms with Crippen LogP contribution >= 0.6 is 0 Å². The third-order valence-electron chi connectivity index (χ3n) is 2.39. The summed E-state index contributed by atoms with van der Waals surface area (Å²) in [6.45, 7) is 0.598. The fourth-order valence-electron chi connectivity index (χ4n) is 1.60. The molecular formula is C12H14FN3. The number of H-pyrrole nitrogens is 1. The van der Waals surface area contributed by atoms with Gasteiger partial charge in [0.15, 0.2) is 0 Å². The van der Waals surface area contributed by atoms with E-state index in [0.717, 1.165) is 29.8 Å². The highest BCUT2D eigenvalue weighted by atomic mass is 19.1. The van der Waals surface area contributed by atoms with E-state index < -0.39 is 0 Å². The molecule has 0 aliphatic rings. The Kier molecular flexibility index (Phi) is 3.31. The van der Waals surface area contributed by atoms with Crippen LogP contribution < -0.4 is 5.73 Å². The topological polar surface area (TPSA) is 54.7 Å². The highest BCUT2D eigenvalue weighted by Crippen LogP contribution is 2.09. The summed E-state index contributed by atoms with van der Waals surface area (Å²) in [5.74, 6) is -0.211. The second-order valence-corrected chi connectivity index (χ2v) is 3.73. The third kappa shape index (κ3) is 2.67. The van der Waals surface area contributed by atoms with Crippen LogP contribution in [0.2, 0.25) is 0 Å². The summed E-state index contributed by atoms with van der Waals surface area (Å²) in [5.41, 5.74) is 8.50. The third-order valence-corrected chi connectivity index (χ3v) is 2.39. The molecule has 0 saturated carbocycles. The summed E-state index contributed by atoms with van der Waals surface area (Å²) in [4.78, 5) is 0. The highest BCUT2D eigenvalue weighted by Gasteiger charge is 2.01. The van der Waals surface area contributed by atoms with Crippen molar-refractivity contribution in [1.29, 1.82) is 0 Å². The molecule has 0 fully saturated rings. The molecule has 1 heterocycles. The minimum Gasteiger partial charge on any atom is -0.330 e. The zero-order valence-corrected chi connectivity index (χ0v) is 8.91. The average Bonchev–Trinajstić information content (AvgIpc) is 2.70. The van der Waals surface area contributed by atoms with Gasteiger partial charge in [0, 0.05) is 18.5 Å². The van der Waals surface area contributed by atoms with Crippen LogP contribution in [0, 0.1) is 5.82 Å².